The van der Waals surface area contributed by atoms with E-state index >= 15 is 0 Å². The van der Waals surface area contributed by atoms with Gasteiger partial charge in [0.25, 0.3) is 0 Å². The maximum Gasteiger partial charge on any atom is 0.352 e. The summed E-state index contributed by atoms with van der Waals surface area (Å²) in [7, 11) is 0. The van der Waals surface area contributed by atoms with E-state index in [-0.39, 0.29) is 5.69 Å². The summed E-state index contributed by atoms with van der Waals surface area (Å²) in [6, 6.07) is 14.4. The molecule has 0 saturated heterocycles. The van der Waals surface area contributed by atoms with Crippen molar-refractivity contribution in [3.05, 3.63) is 77.5 Å². The van der Waals surface area contributed by atoms with Gasteiger partial charge in [-0.15, -0.1) is 0 Å². The Morgan fingerprint density at radius 1 is 1.19 bits per heavy atom. The number of aromatic nitrogens is 3. The second-order valence-corrected chi connectivity index (χ2v) is 6.16. The van der Waals surface area contributed by atoms with Crippen molar-refractivity contribution in [2.45, 2.75) is 6.54 Å². The van der Waals surface area contributed by atoms with E-state index in [0.717, 1.165) is 5.69 Å². The zero-order valence-electron chi connectivity index (χ0n) is 13.5. The van der Waals surface area contributed by atoms with Crippen molar-refractivity contribution in [2.75, 3.05) is 0 Å². The summed E-state index contributed by atoms with van der Waals surface area (Å²) in [5, 5.41) is 10.7. The molecule has 0 atom stereocenters. The molecule has 0 fully saturated rings. The van der Waals surface area contributed by atoms with Crippen LogP contribution in [0.5, 0.6) is 11.5 Å². The van der Waals surface area contributed by atoms with Crippen molar-refractivity contribution in [1.29, 1.82) is 0 Å². The molecule has 0 aliphatic carbocycles. The number of aromatic carboxylic acids is 1. The van der Waals surface area contributed by atoms with Gasteiger partial charge in [-0.2, -0.15) is 0 Å². The van der Waals surface area contributed by atoms with Crippen LogP contribution in [-0.4, -0.2) is 25.6 Å². The molecule has 0 amide bonds. The first-order valence-electron chi connectivity index (χ1n) is 7.88. The molecule has 4 aromatic rings. The van der Waals surface area contributed by atoms with Crippen LogP contribution >= 0.6 is 11.6 Å². The minimum absolute atomic E-state index is 0.147. The van der Waals surface area contributed by atoms with Crippen molar-refractivity contribution in [2.24, 2.45) is 0 Å². The van der Waals surface area contributed by atoms with Crippen molar-refractivity contribution in [3.8, 4) is 11.5 Å². The average Bonchev–Trinajstić information content (AvgIpc) is 3.25. The SMILES string of the molecule is O=C(O)c1cc2c(Cl)cc(Oc3ccccc3)cc2n1Cc1cnc[nH]1. The highest BCUT2D eigenvalue weighted by molar-refractivity contribution is 6.35. The first-order chi connectivity index (χ1) is 12.6. The molecule has 0 spiro atoms. The first-order valence-corrected chi connectivity index (χ1v) is 8.26. The summed E-state index contributed by atoms with van der Waals surface area (Å²) in [4.78, 5) is 18.7. The van der Waals surface area contributed by atoms with Gasteiger partial charge in [-0.25, -0.2) is 9.78 Å². The summed E-state index contributed by atoms with van der Waals surface area (Å²) in [6.45, 7) is 0.330. The van der Waals surface area contributed by atoms with Crippen LogP contribution in [0.4, 0.5) is 0 Å². The van der Waals surface area contributed by atoms with Crippen LogP contribution in [0.2, 0.25) is 5.02 Å². The molecule has 2 aromatic heterocycles. The summed E-state index contributed by atoms with van der Waals surface area (Å²) in [5.74, 6) is 0.185. The Morgan fingerprint density at radius 2 is 2.00 bits per heavy atom. The second-order valence-electron chi connectivity index (χ2n) is 5.75. The van der Waals surface area contributed by atoms with Crippen LogP contribution in [0.15, 0.2) is 61.1 Å². The first kappa shape index (κ1) is 16.2. The highest BCUT2D eigenvalue weighted by Gasteiger charge is 2.18. The molecule has 0 unspecified atom stereocenters. The molecule has 0 radical (unpaired) electrons. The molecule has 130 valence electrons. The largest absolute Gasteiger partial charge is 0.477 e. The third-order valence-electron chi connectivity index (χ3n) is 4.03. The summed E-state index contributed by atoms with van der Waals surface area (Å²) >= 11 is 6.39. The topological polar surface area (TPSA) is 80.1 Å². The van der Waals surface area contributed by atoms with Crippen LogP contribution in [0.3, 0.4) is 0 Å². The Labute approximate surface area is 153 Å². The van der Waals surface area contributed by atoms with E-state index in [4.69, 9.17) is 16.3 Å². The smallest absolute Gasteiger partial charge is 0.352 e. The number of carbonyl (C=O) groups is 1. The monoisotopic (exact) mass is 367 g/mol. The lowest BCUT2D eigenvalue weighted by atomic mass is 10.2. The fraction of sp³-hybridized carbons (Fsp3) is 0.0526. The Morgan fingerprint density at radius 3 is 2.69 bits per heavy atom. The van der Waals surface area contributed by atoms with E-state index in [1.807, 2.05) is 30.3 Å². The number of carboxylic acids is 1. The number of nitrogens with one attached hydrogen (secondary N) is 1. The number of H-pyrrole nitrogens is 1. The van der Waals surface area contributed by atoms with Gasteiger partial charge < -0.3 is 19.4 Å². The molecule has 26 heavy (non-hydrogen) atoms. The van der Waals surface area contributed by atoms with Crippen LogP contribution < -0.4 is 4.74 Å². The lowest BCUT2D eigenvalue weighted by Crippen LogP contribution is -2.09. The van der Waals surface area contributed by atoms with Gasteiger partial charge in [0.1, 0.15) is 17.2 Å². The summed E-state index contributed by atoms with van der Waals surface area (Å²) in [5.41, 5.74) is 1.61. The predicted octanol–water partition coefficient (Wildman–Crippen LogP) is 4.56. The Balaban J connectivity index is 1.84. The lowest BCUT2D eigenvalue weighted by molar-refractivity contribution is 0.0686. The molecule has 0 aliphatic rings. The van der Waals surface area contributed by atoms with Gasteiger partial charge in [0.15, 0.2) is 0 Å². The number of aromatic amines is 1. The van der Waals surface area contributed by atoms with E-state index in [1.165, 1.54) is 0 Å². The van der Waals surface area contributed by atoms with E-state index < -0.39 is 5.97 Å². The number of hydrogen-bond acceptors (Lipinski definition) is 3. The highest BCUT2D eigenvalue weighted by Crippen LogP contribution is 2.34. The van der Waals surface area contributed by atoms with Crippen LogP contribution in [-0.2, 0) is 6.54 Å². The number of para-hydroxylation sites is 1. The molecule has 7 heteroatoms. The van der Waals surface area contributed by atoms with Gasteiger partial charge in [0.2, 0.25) is 0 Å². The third-order valence-corrected chi connectivity index (χ3v) is 4.34. The Hall–Kier alpha value is -3.25. The number of hydrogen-bond donors (Lipinski definition) is 2. The molecular formula is C19H14ClN3O3. The van der Waals surface area contributed by atoms with E-state index in [2.05, 4.69) is 9.97 Å². The van der Waals surface area contributed by atoms with Crippen LogP contribution in [0, 0.1) is 0 Å². The standard InChI is InChI=1S/C19H14ClN3O3/c20-16-6-14(26-13-4-2-1-3-5-13)7-17-15(16)8-18(19(24)25)23(17)10-12-9-21-11-22-12/h1-9,11H,10H2,(H,21,22)(H,24,25). The van der Waals surface area contributed by atoms with Gasteiger partial charge in [-0.3, -0.25) is 0 Å². The molecular weight excluding hydrogens is 354 g/mol. The molecule has 6 nitrogen and oxygen atoms in total. The number of halogens is 1. The maximum absolute atomic E-state index is 11.7. The zero-order chi connectivity index (χ0) is 18.1. The van der Waals surface area contributed by atoms with Crippen molar-refractivity contribution >= 4 is 28.5 Å². The lowest BCUT2D eigenvalue weighted by Gasteiger charge is -2.10. The fourth-order valence-corrected chi connectivity index (χ4v) is 3.12. The Kier molecular flexibility index (Phi) is 4.10. The summed E-state index contributed by atoms with van der Waals surface area (Å²) < 4.78 is 7.54. The fourth-order valence-electron chi connectivity index (χ4n) is 2.86. The third kappa shape index (κ3) is 3.02. The van der Waals surface area contributed by atoms with Crippen molar-refractivity contribution in [1.82, 2.24) is 14.5 Å². The number of benzene rings is 2. The predicted molar refractivity (Wildman–Crippen MR) is 98.1 cm³/mol. The van der Waals surface area contributed by atoms with Gasteiger partial charge in [-0.05, 0) is 18.2 Å². The van der Waals surface area contributed by atoms with Gasteiger partial charge in [0, 0.05) is 23.7 Å². The zero-order valence-corrected chi connectivity index (χ0v) is 14.3. The van der Waals surface area contributed by atoms with Gasteiger partial charge >= 0.3 is 5.97 Å². The molecule has 0 bridgehead atoms. The van der Waals surface area contributed by atoms with E-state index in [1.54, 1.807) is 35.3 Å². The number of carboxylic acid groups (broad SMARTS) is 1. The van der Waals surface area contributed by atoms with Crippen molar-refractivity contribution < 1.29 is 14.6 Å². The molecule has 4 rings (SSSR count). The molecule has 0 saturated carbocycles. The highest BCUT2D eigenvalue weighted by atomic mass is 35.5. The van der Waals surface area contributed by atoms with E-state index in [9.17, 15) is 9.90 Å². The number of imidazole rings is 1. The minimum Gasteiger partial charge on any atom is -0.477 e. The maximum atomic E-state index is 11.7. The second kappa shape index (κ2) is 6.57. The number of fused-ring (bicyclic) bond motifs is 1. The average molecular weight is 368 g/mol. The molecule has 0 aliphatic heterocycles. The summed E-state index contributed by atoms with van der Waals surface area (Å²) in [6.07, 6.45) is 3.21. The molecule has 2 heterocycles. The minimum atomic E-state index is -1.03. The quantitative estimate of drug-likeness (QED) is 0.542. The van der Waals surface area contributed by atoms with Crippen LogP contribution in [0.25, 0.3) is 10.9 Å². The van der Waals surface area contributed by atoms with Crippen molar-refractivity contribution in [3.63, 3.8) is 0 Å². The molecule has 2 N–H and O–H groups in total. The van der Waals surface area contributed by atoms with Gasteiger partial charge in [-0.1, -0.05) is 29.8 Å². The number of ether oxygens (including phenoxy) is 1. The number of rotatable bonds is 5. The molecule has 2 aromatic carbocycles. The number of nitrogens with zero attached hydrogens (tertiary/aromatic N) is 2. The normalized spacial score (nSPS) is 11.0. The van der Waals surface area contributed by atoms with E-state index in [0.29, 0.717) is 34.0 Å². The Bertz CT molecular complexity index is 1070. The van der Waals surface area contributed by atoms with Gasteiger partial charge in [0.05, 0.1) is 29.1 Å². The van der Waals surface area contributed by atoms with Crippen LogP contribution in [0.1, 0.15) is 16.2 Å².